The van der Waals surface area contributed by atoms with Crippen molar-refractivity contribution in [3.63, 3.8) is 0 Å². The second-order valence-electron chi connectivity index (χ2n) is 4.82. The summed E-state index contributed by atoms with van der Waals surface area (Å²) in [5.74, 6) is -1.44. The smallest absolute Gasteiger partial charge is 0.403 e. The second kappa shape index (κ2) is 6.23. The molecule has 1 rings (SSSR count). The first kappa shape index (κ1) is 15.8. The number of nitrogens with two attached hydrogens (primary N) is 1. The molecule has 0 unspecified atom stereocenters. The quantitative estimate of drug-likeness (QED) is 0.821. The highest BCUT2D eigenvalue weighted by Gasteiger charge is 2.32. The lowest BCUT2D eigenvalue weighted by Gasteiger charge is -2.15. The minimum Gasteiger partial charge on any atom is -0.403 e. The fourth-order valence-corrected chi connectivity index (χ4v) is 1.63. The van der Waals surface area contributed by atoms with Gasteiger partial charge in [-0.3, -0.25) is 0 Å². The van der Waals surface area contributed by atoms with E-state index < -0.39 is 24.0 Å². The summed E-state index contributed by atoms with van der Waals surface area (Å²) < 4.78 is 52.9. The average molecular weight is 279 g/mol. The average Bonchev–Trinajstić information content (AvgIpc) is 2.27. The van der Waals surface area contributed by atoms with Crippen LogP contribution in [0.2, 0.25) is 0 Å². The number of hydrogen-bond acceptors (Lipinski definition) is 2. The van der Waals surface area contributed by atoms with Gasteiger partial charge in [-0.2, -0.15) is 0 Å². The van der Waals surface area contributed by atoms with Crippen molar-refractivity contribution < 1.29 is 22.3 Å². The summed E-state index contributed by atoms with van der Waals surface area (Å²) in [6, 6.07) is 2.91. The van der Waals surface area contributed by atoms with Gasteiger partial charge in [-0.15, -0.1) is 13.2 Å². The zero-order chi connectivity index (χ0) is 14.6. The molecule has 2 nitrogen and oxygen atoms in total. The van der Waals surface area contributed by atoms with Crippen molar-refractivity contribution in [1.29, 1.82) is 0 Å². The molecule has 0 radical (unpaired) electrons. The number of alkyl halides is 3. The van der Waals surface area contributed by atoms with Gasteiger partial charge in [0, 0.05) is 6.04 Å². The first-order chi connectivity index (χ1) is 8.69. The Balaban J connectivity index is 2.76. The predicted octanol–water partition coefficient (Wildman–Crippen LogP) is 4.16. The predicted molar refractivity (Wildman–Crippen MR) is 64.1 cm³/mol. The van der Waals surface area contributed by atoms with Gasteiger partial charge in [0.15, 0.2) is 11.6 Å². The zero-order valence-electron chi connectivity index (χ0n) is 10.8. The molecule has 19 heavy (non-hydrogen) atoms. The molecule has 0 fully saturated rings. The zero-order valence-corrected chi connectivity index (χ0v) is 10.8. The van der Waals surface area contributed by atoms with Crippen molar-refractivity contribution >= 4 is 0 Å². The SMILES string of the molecule is CC(C)CC[C@@H](N)c1ccc(OC(F)(F)F)c(F)c1. The Bertz CT molecular complexity index is 418. The monoisotopic (exact) mass is 279 g/mol. The molecule has 0 amide bonds. The molecular formula is C13H17F4NO. The summed E-state index contributed by atoms with van der Waals surface area (Å²) in [5.41, 5.74) is 6.33. The Morgan fingerprint density at radius 1 is 1.21 bits per heavy atom. The molecule has 0 aromatic heterocycles. The number of ether oxygens (including phenoxy) is 1. The van der Waals surface area contributed by atoms with E-state index in [4.69, 9.17) is 5.73 Å². The van der Waals surface area contributed by atoms with Gasteiger partial charge >= 0.3 is 6.36 Å². The molecule has 1 aromatic rings. The lowest BCUT2D eigenvalue weighted by Crippen LogP contribution is -2.18. The van der Waals surface area contributed by atoms with Gasteiger partial charge in [-0.25, -0.2) is 4.39 Å². The van der Waals surface area contributed by atoms with E-state index in [9.17, 15) is 17.6 Å². The lowest BCUT2D eigenvalue weighted by molar-refractivity contribution is -0.275. The molecule has 0 heterocycles. The van der Waals surface area contributed by atoms with Gasteiger partial charge < -0.3 is 10.5 Å². The van der Waals surface area contributed by atoms with Crippen molar-refractivity contribution in [2.24, 2.45) is 11.7 Å². The molecule has 0 bridgehead atoms. The summed E-state index contributed by atoms with van der Waals surface area (Å²) in [6.07, 6.45) is -3.39. The Labute approximate surface area is 109 Å². The summed E-state index contributed by atoms with van der Waals surface area (Å²) in [5, 5.41) is 0. The van der Waals surface area contributed by atoms with Crippen molar-refractivity contribution in [3.8, 4) is 5.75 Å². The lowest BCUT2D eigenvalue weighted by atomic mass is 9.98. The van der Waals surface area contributed by atoms with Crippen LogP contribution in [0.4, 0.5) is 17.6 Å². The number of benzene rings is 1. The molecule has 2 N–H and O–H groups in total. The third-order valence-electron chi connectivity index (χ3n) is 2.66. The first-order valence-electron chi connectivity index (χ1n) is 6.00. The maximum Gasteiger partial charge on any atom is 0.573 e. The van der Waals surface area contributed by atoms with E-state index in [2.05, 4.69) is 4.74 Å². The molecule has 0 saturated heterocycles. The summed E-state index contributed by atoms with van der Waals surface area (Å²) in [6.45, 7) is 4.07. The summed E-state index contributed by atoms with van der Waals surface area (Å²) >= 11 is 0. The molecule has 0 spiro atoms. The second-order valence-corrected chi connectivity index (χ2v) is 4.82. The molecule has 6 heteroatoms. The van der Waals surface area contributed by atoms with Gasteiger partial charge in [-0.05, 0) is 36.5 Å². The minimum absolute atomic E-state index is 0.392. The van der Waals surface area contributed by atoms with Crippen molar-refractivity contribution in [3.05, 3.63) is 29.6 Å². The van der Waals surface area contributed by atoms with Crippen LogP contribution in [-0.4, -0.2) is 6.36 Å². The number of hydrogen-bond donors (Lipinski definition) is 1. The van der Waals surface area contributed by atoms with Crippen LogP contribution in [0.15, 0.2) is 18.2 Å². The highest BCUT2D eigenvalue weighted by Crippen LogP contribution is 2.28. The third-order valence-corrected chi connectivity index (χ3v) is 2.66. The van der Waals surface area contributed by atoms with Crippen molar-refractivity contribution in [1.82, 2.24) is 0 Å². The maximum atomic E-state index is 13.5. The molecular weight excluding hydrogens is 262 g/mol. The molecule has 0 aliphatic rings. The van der Waals surface area contributed by atoms with Gasteiger partial charge in [0.05, 0.1) is 0 Å². The normalized spacial score (nSPS) is 13.7. The van der Waals surface area contributed by atoms with E-state index in [1.165, 1.54) is 6.07 Å². The maximum absolute atomic E-state index is 13.5. The Kier molecular flexibility index (Phi) is 5.17. The molecule has 0 aliphatic carbocycles. The molecule has 1 aromatic carbocycles. The Hall–Kier alpha value is -1.30. The van der Waals surface area contributed by atoms with E-state index in [1.54, 1.807) is 0 Å². The topological polar surface area (TPSA) is 35.2 Å². The van der Waals surface area contributed by atoms with Crippen LogP contribution in [0, 0.1) is 11.7 Å². The van der Waals surface area contributed by atoms with Crippen LogP contribution in [-0.2, 0) is 0 Å². The van der Waals surface area contributed by atoms with Crippen LogP contribution >= 0.6 is 0 Å². The van der Waals surface area contributed by atoms with Crippen molar-refractivity contribution in [2.45, 2.75) is 39.1 Å². The highest BCUT2D eigenvalue weighted by atomic mass is 19.4. The van der Waals surface area contributed by atoms with E-state index in [1.807, 2.05) is 13.8 Å². The largest absolute Gasteiger partial charge is 0.573 e. The van der Waals surface area contributed by atoms with Crippen LogP contribution in [0.25, 0.3) is 0 Å². The standard InChI is InChI=1S/C13H17F4NO/c1-8(2)3-5-11(18)9-4-6-12(10(14)7-9)19-13(15,16)17/h4,6-8,11H,3,5,18H2,1-2H3/t11-/m1/s1. The number of halogens is 4. The fraction of sp³-hybridized carbons (Fsp3) is 0.538. The van der Waals surface area contributed by atoms with E-state index in [0.717, 1.165) is 18.6 Å². The van der Waals surface area contributed by atoms with Crippen LogP contribution in [0.1, 0.15) is 38.3 Å². The molecule has 0 saturated carbocycles. The van der Waals surface area contributed by atoms with Crippen molar-refractivity contribution in [2.75, 3.05) is 0 Å². The van der Waals surface area contributed by atoms with Gasteiger partial charge in [-0.1, -0.05) is 19.9 Å². The van der Waals surface area contributed by atoms with Gasteiger partial charge in [0.2, 0.25) is 0 Å². The van der Waals surface area contributed by atoms with E-state index in [-0.39, 0.29) is 0 Å². The van der Waals surface area contributed by atoms with E-state index >= 15 is 0 Å². The fourth-order valence-electron chi connectivity index (χ4n) is 1.63. The van der Waals surface area contributed by atoms with Crippen LogP contribution in [0.3, 0.4) is 0 Å². The van der Waals surface area contributed by atoms with Crippen LogP contribution in [0.5, 0.6) is 5.75 Å². The summed E-state index contributed by atoms with van der Waals surface area (Å²) in [4.78, 5) is 0. The molecule has 1 atom stereocenters. The molecule has 108 valence electrons. The Morgan fingerprint density at radius 3 is 2.32 bits per heavy atom. The van der Waals surface area contributed by atoms with Gasteiger partial charge in [0.25, 0.3) is 0 Å². The molecule has 0 aliphatic heterocycles. The first-order valence-corrected chi connectivity index (χ1v) is 6.00. The van der Waals surface area contributed by atoms with Gasteiger partial charge in [0.1, 0.15) is 0 Å². The van der Waals surface area contributed by atoms with Crippen LogP contribution < -0.4 is 10.5 Å². The Morgan fingerprint density at radius 2 is 1.84 bits per heavy atom. The minimum atomic E-state index is -4.90. The van der Waals surface area contributed by atoms with E-state index in [0.29, 0.717) is 17.9 Å². The summed E-state index contributed by atoms with van der Waals surface area (Å²) in [7, 11) is 0. The highest BCUT2D eigenvalue weighted by molar-refractivity contribution is 5.31. The number of rotatable bonds is 5. The third kappa shape index (κ3) is 5.46.